The Bertz CT molecular complexity index is 708. The van der Waals surface area contributed by atoms with E-state index in [0.717, 1.165) is 18.0 Å². The van der Waals surface area contributed by atoms with Crippen molar-refractivity contribution in [3.8, 4) is 0 Å². The second kappa shape index (κ2) is 6.59. The molecular weight excluding hydrogens is 324 g/mol. The second-order valence-electron chi connectivity index (χ2n) is 6.88. The van der Waals surface area contributed by atoms with Crippen molar-refractivity contribution in [2.24, 2.45) is 11.8 Å². The van der Waals surface area contributed by atoms with Crippen LogP contribution < -0.4 is 5.32 Å². The first-order valence-corrected chi connectivity index (χ1v) is 10.2. The molecule has 24 heavy (non-hydrogen) atoms. The van der Waals surface area contributed by atoms with E-state index in [-0.39, 0.29) is 0 Å². The molecule has 1 heterocycles. The molecule has 1 saturated heterocycles. The van der Waals surface area contributed by atoms with Crippen molar-refractivity contribution in [1.82, 2.24) is 9.62 Å². The Kier molecular flexibility index (Phi) is 4.47. The van der Waals surface area contributed by atoms with Gasteiger partial charge in [-0.05, 0) is 42.4 Å². The molecule has 1 saturated carbocycles. The number of morpholine rings is 1. The zero-order chi connectivity index (χ0) is 16.6. The van der Waals surface area contributed by atoms with Gasteiger partial charge >= 0.3 is 0 Å². The highest BCUT2D eigenvalue weighted by Gasteiger charge is 2.40. The minimum atomic E-state index is -3.39. The highest BCUT2D eigenvalue weighted by Crippen LogP contribution is 2.42. The summed E-state index contributed by atoms with van der Waals surface area (Å²) in [4.78, 5) is 0.371. The van der Waals surface area contributed by atoms with Crippen molar-refractivity contribution in [1.29, 1.82) is 0 Å². The Morgan fingerprint density at radius 1 is 1.17 bits per heavy atom. The van der Waals surface area contributed by atoms with Gasteiger partial charge in [-0.1, -0.05) is 24.3 Å². The summed E-state index contributed by atoms with van der Waals surface area (Å²) in [5.41, 5.74) is 1.13. The minimum Gasteiger partial charge on any atom is -0.379 e. The fourth-order valence-corrected chi connectivity index (χ4v) is 5.32. The van der Waals surface area contributed by atoms with Crippen molar-refractivity contribution < 1.29 is 13.2 Å². The zero-order valence-electron chi connectivity index (χ0n) is 13.7. The van der Waals surface area contributed by atoms with E-state index in [1.165, 1.54) is 17.1 Å². The third-order valence-corrected chi connectivity index (χ3v) is 7.38. The first-order chi connectivity index (χ1) is 11.6. The third-order valence-electron chi connectivity index (χ3n) is 5.46. The molecule has 5 nitrogen and oxygen atoms in total. The molecule has 0 amide bonds. The minimum absolute atomic E-state index is 0.371. The number of ether oxygens (including phenoxy) is 1. The molecule has 1 N–H and O–H groups in total. The Balaban J connectivity index is 1.36. The highest BCUT2D eigenvalue weighted by atomic mass is 32.2. The van der Waals surface area contributed by atoms with Gasteiger partial charge in [0.25, 0.3) is 0 Å². The summed E-state index contributed by atoms with van der Waals surface area (Å²) < 4.78 is 31.9. The van der Waals surface area contributed by atoms with Crippen molar-refractivity contribution in [2.75, 3.05) is 26.3 Å². The van der Waals surface area contributed by atoms with Gasteiger partial charge in [-0.25, -0.2) is 8.42 Å². The van der Waals surface area contributed by atoms with Crippen LogP contribution >= 0.6 is 0 Å². The van der Waals surface area contributed by atoms with Crippen LogP contribution in [-0.4, -0.2) is 45.1 Å². The molecule has 1 aliphatic heterocycles. The van der Waals surface area contributed by atoms with Crippen LogP contribution in [0.15, 0.2) is 41.3 Å². The number of hydrogen-bond donors (Lipinski definition) is 1. The summed E-state index contributed by atoms with van der Waals surface area (Å²) >= 11 is 0. The molecule has 1 aromatic carbocycles. The number of rotatable bonds is 5. The van der Waals surface area contributed by atoms with E-state index in [9.17, 15) is 8.42 Å². The van der Waals surface area contributed by atoms with Crippen molar-refractivity contribution in [3.05, 3.63) is 42.0 Å². The van der Waals surface area contributed by atoms with Gasteiger partial charge in [0.05, 0.1) is 18.1 Å². The van der Waals surface area contributed by atoms with Crippen LogP contribution in [0.2, 0.25) is 0 Å². The van der Waals surface area contributed by atoms with Crippen LogP contribution in [0.25, 0.3) is 0 Å². The fraction of sp³-hybridized carbons (Fsp3) is 0.556. The first-order valence-electron chi connectivity index (χ1n) is 8.71. The molecule has 1 aromatic rings. The maximum absolute atomic E-state index is 12.6. The summed E-state index contributed by atoms with van der Waals surface area (Å²) in [5, 5.41) is 3.60. The van der Waals surface area contributed by atoms with Crippen LogP contribution in [-0.2, 0) is 21.3 Å². The molecule has 130 valence electrons. The van der Waals surface area contributed by atoms with Gasteiger partial charge in [0, 0.05) is 25.7 Å². The maximum atomic E-state index is 12.6. The average molecular weight is 348 g/mol. The van der Waals surface area contributed by atoms with Crippen molar-refractivity contribution in [2.45, 2.75) is 30.3 Å². The molecule has 4 rings (SSSR count). The van der Waals surface area contributed by atoms with Crippen molar-refractivity contribution >= 4 is 10.0 Å². The summed E-state index contributed by atoms with van der Waals surface area (Å²) in [6, 6.07) is 7.86. The topological polar surface area (TPSA) is 58.6 Å². The monoisotopic (exact) mass is 348 g/mol. The molecule has 0 radical (unpaired) electrons. The van der Waals surface area contributed by atoms with Crippen LogP contribution in [0.3, 0.4) is 0 Å². The number of allylic oxidation sites excluding steroid dienone is 1. The Morgan fingerprint density at radius 2 is 1.92 bits per heavy atom. The van der Waals surface area contributed by atoms with Gasteiger partial charge in [0.2, 0.25) is 10.0 Å². The molecule has 0 aromatic heterocycles. The molecule has 2 fully saturated rings. The van der Waals surface area contributed by atoms with Gasteiger partial charge in [-0.2, -0.15) is 4.31 Å². The zero-order valence-corrected chi connectivity index (χ0v) is 14.5. The van der Waals surface area contributed by atoms with Gasteiger partial charge < -0.3 is 10.1 Å². The Labute approximate surface area is 143 Å². The fourth-order valence-electron chi connectivity index (χ4n) is 3.91. The van der Waals surface area contributed by atoms with Gasteiger partial charge in [0.15, 0.2) is 0 Å². The highest BCUT2D eigenvalue weighted by molar-refractivity contribution is 7.89. The van der Waals surface area contributed by atoms with Gasteiger partial charge in [-0.15, -0.1) is 0 Å². The van der Waals surface area contributed by atoms with Crippen LogP contribution in [0.1, 0.15) is 18.4 Å². The van der Waals surface area contributed by atoms with E-state index < -0.39 is 10.0 Å². The Morgan fingerprint density at radius 3 is 2.62 bits per heavy atom. The van der Waals surface area contributed by atoms with E-state index in [1.807, 2.05) is 12.1 Å². The predicted molar refractivity (Wildman–Crippen MR) is 92.0 cm³/mol. The predicted octanol–water partition coefficient (Wildman–Crippen LogP) is 1.76. The molecule has 2 aliphatic carbocycles. The van der Waals surface area contributed by atoms with E-state index in [4.69, 9.17) is 4.74 Å². The van der Waals surface area contributed by atoms with Crippen LogP contribution in [0.5, 0.6) is 0 Å². The van der Waals surface area contributed by atoms with Gasteiger partial charge in [0.1, 0.15) is 0 Å². The quantitative estimate of drug-likeness (QED) is 0.824. The summed E-state index contributed by atoms with van der Waals surface area (Å²) in [7, 11) is -3.39. The standard InChI is InChI=1S/C18H24N2O3S/c21-24(22,20-8-10-23-11-9-20)16-6-4-14(5-7-16)13-19-18-12-15-2-1-3-17(15)18/h1,3-7,15,17-19H,2,8-13H2/t15-,17-,18+/m0/s1. The Hall–Kier alpha value is -1.21. The number of hydrogen-bond acceptors (Lipinski definition) is 4. The summed E-state index contributed by atoms with van der Waals surface area (Å²) in [6.07, 6.45) is 7.12. The molecule has 0 unspecified atom stereocenters. The lowest BCUT2D eigenvalue weighted by Crippen LogP contribution is -2.47. The lowest BCUT2D eigenvalue weighted by Gasteiger charge is -2.40. The van der Waals surface area contributed by atoms with E-state index in [2.05, 4.69) is 17.5 Å². The average Bonchev–Trinajstić information content (AvgIpc) is 2.97. The first kappa shape index (κ1) is 16.3. The third kappa shape index (κ3) is 3.04. The number of fused-ring (bicyclic) bond motifs is 1. The lowest BCUT2D eigenvalue weighted by molar-refractivity contribution is 0.0730. The number of nitrogens with one attached hydrogen (secondary N) is 1. The molecule has 3 aliphatic rings. The summed E-state index contributed by atoms with van der Waals surface area (Å²) in [6.45, 7) is 2.60. The number of sulfonamides is 1. The maximum Gasteiger partial charge on any atom is 0.243 e. The van der Waals surface area contributed by atoms with Crippen LogP contribution in [0, 0.1) is 11.8 Å². The molecule has 6 heteroatoms. The number of nitrogens with zero attached hydrogens (tertiary/aromatic N) is 1. The normalized spacial score (nSPS) is 30.1. The molecular formula is C18H24N2O3S. The van der Waals surface area contributed by atoms with Gasteiger partial charge in [-0.3, -0.25) is 0 Å². The molecule has 0 spiro atoms. The van der Waals surface area contributed by atoms with Crippen molar-refractivity contribution in [3.63, 3.8) is 0 Å². The van der Waals surface area contributed by atoms with E-state index in [0.29, 0.717) is 43.2 Å². The SMILES string of the molecule is O=S(=O)(c1ccc(CN[C@@H]2C[C@@H]3CC=C[C@@H]32)cc1)N1CCOCC1. The second-order valence-corrected chi connectivity index (χ2v) is 8.82. The van der Waals surface area contributed by atoms with E-state index in [1.54, 1.807) is 12.1 Å². The smallest absolute Gasteiger partial charge is 0.243 e. The van der Waals surface area contributed by atoms with E-state index >= 15 is 0 Å². The summed E-state index contributed by atoms with van der Waals surface area (Å²) in [5.74, 6) is 1.55. The number of benzene rings is 1. The lowest BCUT2D eigenvalue weighted by atomic mass is 9.71. The van der Waals surface area contributed by atoms with Crippen LogP contribution in [0.4, 0.5) is 0 Å². The molecule has 3 atom stereocenters. The molecule has 0 bridgehead atoms. The largest absolute Gasteiger partial charge is 0.379 e.